The maximum atomic E-state index is 3.82. The summed E-state index contributed by atoms with van der Waals surface area (Å²) in [7, 11) is 6.79. The molecule has 2 N–H and O–H groups in total. The van der Waals surface area contributed by atoms with Gasteiger partial charge in [0.2, 0.25) is 0 Å². The van der Waals surface area contributed by atoms with Gasteiger partial charge >= 0.3 is 0 Å². The van der Waals surface area contributed by atoms with Crippen molar-refractivity contribution in [2.24, 2.45) is 5.92 Å². The summed E-state index contributed by atoms with van der Waals surface area (Å²) in [6.45, 7) is 8.17. The van der Waals surface area contributed by atoms with Crippen molar-refractivity contribution in [2.75, 3.05) is 27.7 Å². The van der Waals surface area contributed by atoms with E-state index >= 15 is 0 Å². The van der Waals surface area contributed by atoms with Crippen LogP contribution in [0.2, 0.25) is 0 Å². The van der Waals surface area contributed by atoms with Crippen LogP contribution in [0.4, 0.5) is 0 Å². The molecule has 1 aliphatic rings. The van der Waals surface area contributed by atoms with Crippen molar-refractivity contribution in [2.45, 2.75) is 58.3 Å². The summed E-state index contributed by atoms with van der Waals surface area (Å²) in [5.74, 6) is 0.803. The maximum absolute atomic E-state index is 3.82. The normalized spacial score (nSPS) is 38.5. The van der Waals surface area contributed by atoms with E-state index in [0.717, 1.165) is 16.9 Å². The van der Waals surface area contributed by atoms with Crippen LogP contribution in [0.25, 0.3) is 0 Å². The van der Waals surface area contributed by atoms with Gasteiger partial charge in [-0.25, -0.2) is 0 Å². The number of rotatable bonds is 3. The van der Waals surface area contributed by atoms with Gasteiger partial charge in [-0.3, -0.25) is 5.32 Å². The summed E-state index contributed by atoms with van der Waals surface area (Å²) >= 11 is 0. The molecule has 102 valence electrons. The third kappa shape index (κ3) is 3.67. The van der Waals surface area contributed by atoms with Gasteiger partial charge in [-0.2, -0.15) is 0 Å². The first-order valence-electron chi connectivity index (χ1n) is 7.15. The molecule has 1 aliphatic heterocycles. The van der Waals surface area contributed by atoms with Crippen molar-refractivity contribution in [3.05, 3.63) is 0 Å². The number of quaternary nitrogens is 1. The molecule has 0 aliphatic carbocycles. The van der Waals surface area contributed by atoms with Crippen LogP contribution < -0.4 is 10.6 Å². The summed E-state index contributed by atoms with van der Waals surface area (Å²) in [4.78, 5) is 0. The highest BCUT2D eigenvalue weighted by Crippen LogP contribution is 2.25. The fraction of sp³-hybridized carbons (Fsp3) is 1.00. The van der Waals surface area contributed by atoms with Crippen LogP contribution in [0.1, 0.15) is 40.0 Å². The Morgan fingerprint density at radius 2 is 1.88 bits per heavy atom. The Labute approximate surface area is 108 Å². The van der Waals surface area contributed by atoms with E-state index in [9.17, 15) is 0 Å². The van der Waals surface area contributed by atoms with Crippen molar-refractivity contribution in [3.63, 3.8) is 0 Å². The molecule has 0 radical (unpaired) electrons. The van der Waals surface area contributed by atoms with Crippen LogP contribution in [0.5, 0.6) is 0 Å². The highest BCUT2D eigenvalue weighted by Gasteiger charge is 2.36. The van der Waals surface area contributed by atoms with Crippen molar-refractivity contribution >= 4 is 0 Å². The molecule has 0 spiro atoms. The quantitative estimate of drug-likeness (QED) is 0.738. The molecule has 0 saturated carbocycles. The van der Waals surface area contributed by atoms with Crippen molar-refractivity contribution in [1.82, 2.24) is 10.6 Å². The van der Waals surface area contributed by atoms with E-state index in [1.165, 1.54) is 19.3 Å². The van der Waals surface area contributed by atoms with Gasteiger partial charge in [0.25, 0.3) is 0 Å². The highest BCUT2D eigenvalue weighted by atomic mass is 15.4. The molecule has 0 bridgehead atoms. The highest BCUT2D eigenvalue weighted by molar-refractivity contribution is 4.78. The second-order valence-corrected chi connectivity index (χ2v) is 6.32. The molecule has 1 rings (SSSR count). The first-order valence-corrected chi connectivity index (χ1v) is 7.15. The summed E-state index contributed by atoms with van der Waals surface area (Å²) < 4.78 is 1.08. The molecule has 0 amide bonds. The molecule has 0 aromatic heterocycles. The Kier molecular flexibility index (Phi) is 5.42. The molecular formula is C14H32N3+. The van der Waals surface area contributed by atoms with Crippen molar-refractivity contribution in [3.8, 4) is 0 Å². The van der Waals surface area contributed by atoms with Gasteiger partial charge in [0.15, 0.2) is 0 Å². The zero-order valence-electron chi connectivity index (χ0n) is 12.6. The second kappa shape index (κ2) is 6.17. The molecule has 1 saturated heterocycles. The Hall–Kier alpha value is -0.120. The number of nitrogens with zero attached hydrogens (tertiary/aromatic N) is 1. The largest absolute Gasteiger partial charge is 0.319 e. The molecule has 0 aromatic carbocycles. The van der Waals surface area contributed by atoms with Crippen molar-refractivity contribution in [1.29, 1.82) is 0 Å². The molecular weight excluding hydrogens is 210 g/mol. The standard InChI is InChI=1S/C14H32N3/c1-7-14-9-13(10-15-4)8-11(2)17(5,6)12(3)16-14/h11-16H,7-10H2,1-6H3/q+1. The minimum absolute atomic E-state index is 0.547. The Morgan fingerprint density at radius 1 is 1.24 bits per heavy atom. The first kappa shape index (κ1) is 14.9. The van der Waals surface area contributed by atoms with E-state index in [4.69, 9.17) is 0 Å². The van der Waals surface area contributed by atoms with Gasteiger partial charge in [-0.15, -0.1) is 0 Å². The van der Waals surface area contributed by atoms with Gasteiger partial charge in [0.1, 0.15) is 6.17 Å². The van der Waals surface area contributed by atoms with E-state index in [2.05, 4.69) is 52.5 Å². The monoisotopic (exact) mass is 242 g/mol. The molecule has 3 nitrogen and oxygen atoms in total. The van der Waals surface area contributed by atoms with Crippen LogP contribution in [-0.2, 0) is 0 Å². The summed E-state index contributed by atoms with van der Waals surface area (Å²) in [6.07, 6.45) is 4.42. The molecule has 4 atom stereocenters. The molecule has 0 aromatic rings. The van der Waals surface area contributed by atoms with Gasteiger partial charge in [-0.1, -0.05) is 6.92 Å². The molecule has 17 heavy (non-hydrogen) atoms. The van der Waals surface area contributed by atoms with E-state index < -0.39 is 0 Å². The zero-order chi connectivity index (χ0) is 13.1. The van der Waals surface area contributed by atoms with Crippen LogP contribution in [0.15, 0.2) is 0 Å². The van der Waals surface area contributed by atoms with Crippen LogP contribution >= 0.6 is 0 Å². The third-order valence-electron chi connectivity index (χ3n) is 4.89. The van der Waals surface area contributed by atoms with E-state index in [0.29, 0.717) is 18.2 Å². The summed E-state index contributed by atoms with van der Waals surface area (Å²) in [5.41, 5.74) is 0. The van der Waals surface area contributed by atoms with E-state index in [1.807, 2.05) is 0 Å². The zero-order valence-corrected chi connectivity index (χ0v) is 12.6. The lowest BCUT2D eigenvalue weighted by Gasteiger charge is -2.46. The third-order valence-corrected chi connectivity index (χ3v) is 4.89. The maximum Gasteiger partial charge on any atom is 0.139 e. The second-order valence-electron chi connectivity index (χ2n) is 6.32. The molecule has 1 heterocycles. The summed E-state index contributed by atoms with van der Waals surface area (Å²) in [5, 5.41) is 7.18. The van der Waals surface area contributed by atoms with Crippen molar-refractivity contribution < 1.29 is 4.48 Å². The van der Waals surface area contributed by atoms with Gasteiger partial charge in [-0.05, 0) is 39.3 Å². The Bertz CT molecular complexity index is 228. The Balaban J connectivity index is 2.78. The number of nitrogens with one attached hydrogen (secondary N) is 2. The lowest BCUT2D eigenvalue weighted by molar-refractivity contribution is -0.939. The summed E-state index contributed by atoms with van der Waals surface area (Å²) in [6, 6.07) is 1.39. The predicted molar refractivity (Wildman–Crippen MR) is 74.9 cm³/mol. The van der Waals surface area contributed by atoms with Gasteiger partial charge < -0.3 is 9.80 Å². The van der Waals surface area contributed by atoms with E-state index in [-0.39, 0.29) is 0 Å². The number of hydrogen-bond acceptors (Lipinski definition) is 2. The lowest BCUT2D eigenvalue weighted by Crippen LogP contribution is -2.63. The molecule has 4 unspecified atom stereocenters. The smallest absolute Gasteiger partial charge is 0.139 e. The fourth-order valence-electron chi connectivity index (χ4n) is 2.98. The minimum atomic E-state index is 0.547. The predicted octanol–water partition coefficient (Wildman–Crippen LogP) is 1.79. The van der Waals surface area contributed by atoms with Crippen LogP contribution in [-0.4, -0.2) is 50.4 Å². The SMILES string of the molecule is CCC1CC(CNC)CC(C)[N+](C)(C)C(C)N1. The average molecular weight is 242 g/mol. The van der Waals surface area contributed by atoms with Gasteiger partial charge in [0.05, 0.1) is 20.1 Å². The average Bonchev–Trinajstić information content (AvgIpc) is 2.26. The fourth-order valence-corrected chi connectivity index (χ4v) is 2.98. The van der Waals surface area contributed by atoms with E-state index in [1.54, 1.807) is 0 Å². The molecule has 1 fully saturated rings. The van der Waals surface area contributed by atoms with Crippen LogP contribution in [0.3, 0.4) is 0 Å². The Morgan fingerprint density at radius 3 is 2.41 bits per heavy atom. The molecule has 3 heteroatoms. The minimum Gasteiger partial charge on any atom is -0.319 e. The van der Waals surface area contributed by atoms with Crippen LogP contribution in [0, 0.1) is 5.92 Å². The first-order chi connectivity index (χ1) is 7.91. The number of hydrogen-bond donors (Lipinski definition) is 2. The van der Waals surface area contributed by atoms with Gasteiger partial charge in [0, 0.05) is 19.4 Å². The topological polar surface area (TPSA) is 24.1 Å². The lowest BCUT2D eigenvalue weighted by atomic mass is 9.89.